The Balaban J connectivity index is 2.42. The van der Waals surface area contributed by atoms with Crippen molar-refractivity contribution in [2.75, 3.05) is 13.2 Å². The Hall–Kier alpha value is -0.450. The lowest BCUT2D eigenvalue weighted by molar-refractivity contribution is -0.118. The van der Waals surface area contributed by atoms with E-state index >= 15 is 0 Å². The van der Waals surface area contributed by atoms with Crippen molar-refractivity contribution >= 4 is 5.78 Å². The molecule has 4 heteroatoms. The summed E-state index contributed by atoms with van der Waals surface area (Å²) in [4.78, 5) is 10.5. The number of hydrazine groups is 1. The molecule has 1 aliphatic heterocycles. The maximum absolute atomic E-state index is 10.5. The van der Waals surface area contributed by atoms with E-state index in [1.54, 1.807) is 0 Å². The molecular weight excluding hydrogens is 108 g/mol. The van der Waals surface area contributed by atoms with Gasteiger partial charge >= 0.3 is 0 Å². The molecule has 0 radical (unpaired) electrons. The fourth-order valence-corrected chi connectivity index (χ4v) is 0.613. The second-order valence-corrected chi connectivity index (χ2v) is 1.70. The first-order chi connectivity index (χ1) is 3.84. The summed E-state index contributed by atoms with van der Waals surface area (Å²) < 4.78 is 0. The molecule has 1 atom stereocenters. The molecule has 3 N–H and O–H groups in total. The molecule has 1 saturated heterocycles. The molecule has 4 nitrogen and oxygen atoms in total. The predicted octanol–water partition coefficient (Wildman–Crippen LogP) is -1.98. The summed E-state index contributed by atoms with van der Waals surface area (Å²) in [7, 11) is 0. The monoisotopic (exact) mass is 116 g/mol. The molecule has 0 aromatic rings. The molecule has 0 amide bonds. The van der Waals surface area contributed by atoms with Crippen LogP contribution in [0, 0.1) is 0 Å². The normalized spacial score (nSPS) is 29.1. The highest BCUT2D eigenvalue weighted by Gasteiger charge is 2.21. The van der Waals surface area contributed by atoms with Crippen molar-refractivity contribution in [3.8, 4) is 0 Å². The molecule has 1 fully saturated rings. The van der Waals surface area contributed by atoms with E-state index in [9.17, 15) is 4.79 Å². The topological polar surface area (TPSA) is 61.4 Å². The van der Waals surface area contributed by atoms with Crippen molar-refractivity contribution in [3.63, 3.8) is 0 Å². The zero-order valence-corrected chi connectivity index (χ0v) is 4.35. The zero-order valence-electron chi connectivity index (χ0n) is 4.35. The summed E-state index contributed by atoms with van der Waals surface area (Å²) in [6.45, 7) is 0.205. The van der Waals surface area contributed by atoms with E-state index in [-0.39, 0.29) is 18.4 Å². The third-order valence-corrected chi connectivity index (χ3v) is 1.11. The fourth-order valence-electron chi connectivity index (χ4n) is 0.613. The van der Waals surface area contributed by atoms with Gasteiger partial charge in [-0.3, -0.25) is 4.79 Å². The van der Waals surface area contributed by atoms with Crippen molar-refractivity contribution in [3.05, 3.63) is 0 Å². The van der Waals surface area contributed by atoms with Crippen LogP contribution in [-0.4, -0.2) is 30.1 Å². The van der Waals surface area contributed by atoms with Gasteiger partial charge in [0.1, 0.15) is 6.04 Å². The lowest BCUT2D eigenvalue weighted by Gasteiger charge is -1.99. The molecule has 0 aromatic carbocycles. The van der Waals surface area contributed by atoms with Crippen LogP contribution in [0.25, 0.3) is 0 Å². The minimum atomic E-state index is -0.380. The van der Waals surface area contributed by atoms with Crippen LogP contribution in [0.4, 0.5) is 0 Å². The van der Waals surface area contributed by atoms with Crippen LogP contribution in [0.15, 0.2) is 0 Å². The highest BCUT2D eigenvalue weighted by atomic mass is 16.3. The van der Waals surface area contributed by atoms with Gasteiger partial charge in [0.05, 0.1) is 13.2 Å². The van der Waals surface area contributed by atoms with E-state index < -0.39 is 0 Å². The SMILES string of the molecule is O=C1CNNC1CO. The molecule has 46 valence electrons. The van der Waals surface area contributed by atoms with Crippen LogP contribution in [0.1, 0.15) is 0 Å². The molecule has 0 aliphatic carbocycles. The summed E-state index contributed by atoms with van der Waals surface area (Å²) in [5.41, 5.74) is 5.22. The Kier molecular flexibility index (Phi) is 1.57. The van der Waals surface area contributed by atoms with Gasteiger partial charge < -0.3 is 5.11 Å². The van der Waals surface area contributed by atoms with E-state index in [0.717, 1.165) is 0 Å². The first-order valence-corrected chi connectivity index (χ1v) is 2.46. The van der Waals surface area contributed by atoms with Crippen LogP contribution in [0.3, 0.4) is 0 Å². The Morgan fingerprint density at radius 3 is 2.88 bits per heavy atom. The predicted molar refractivity (Wildman–Crippen MR) is 27.0 cm³/mol. The number of aliphatic hydroxyl groups excluding tert-OH is 1. The summed E-state index contributed by atoms with van der Waals surface area (Å²) >= 11 is 0. The van der Waals surface area contributed by atoms with Crippen LogP contribution >= 0.6 is 0 Å². The van der Waals surface area contributed by atoms with Gasteiger partial charge in [0.25, 0.3) is 0 Å². The molecule has 1 heterocycles. The third-order valence-electron chi connectivity index (χ3n) is 1.11. The van der Waals surface area contributed by atoms with Crippen molar-refractivity contribution < 1.29 is 9.90 Å². The molecule has 1 unspecified atom stereocenters. The number of rotatable bonds is 1. The number of carbonyl (C=O) groups excluding carboxylic acids is 1. The summed E-state index contributed by atoms with van der Waals surface area (Å²) in [6, 6.07) is -0.380. The van der Waals surface area contributed by atoms with Gasteiger partial charge in [-0.25, -0.2) is 10.9 Å². The number of nitrogens with one attached hydrogen (secondary N) is 2. The minimum Gasteiger partial charge on any atom is -0.394 e. The third kappa shape index (κ3) is 0.861. The maximum Gasteiger partial charge on any atom is 0.168 e. The second kappa shape index (κ2) is 2.21. The zero-order chi connectivity index (χ0) is 5.98. The average molecular weight is 116 g/mol. The largest absolute Gasteiger partial charge is 0.394 e. The highest BCUT2D eigenvalue weighted by molar-refractivity contribution is 5.87. The molecule has 8 heavy (non-hydrogen) atoms. The lowest BCUT2D eigenvalue weighted by atomic mass is 10.2. The Morgan fingerprint density at radius 2 is 2.62 bits per heavy atom. The molecular formula is C4H8N2O2. The van der Waals surface area contributed by atoms with Crippen LogP contribution in [-0.2, 0) is 4.79 Å². The van der Waals surface area contributed by atoms with E-state index in [1.165, 1.54) is 0 Å². The van der Waals surface area contributed by atoms with Gasteiger partial charge in [0.2, 0.25) is 0 Å². The van der Waals surface area contributed by atoms with E-state index in [0.29, 0.717) is 6.54 Å². The number of carbonyl (C=O) groups is 1. The van der Waals surface area contributed by atoms with Crippen molar-refractivity contribution in [1.29, 1.82) is 0 Å². The fraction of sp³-hybridized carbons (Fsp3) is 0.750. The van der Waals surface area contributed by atoms with Gasteiger partial charge in [-0.2, -0.15) is 0 Å². The number of Topliss-reactive ketones (excluding diaryl/α,β-unsaturated/α-hetero) is 1. The Morgan fingerprint density at radius 1 is 1.88 bits per heavy atom. The van der Waals surface area contributed by atoms with Gasteiger partial charge in [-0.1, -0.05) is 0 Å². The number of hydrogen-bond acceptors (Lipinski definition) is 4. The molecule has 1 rings (SSSR count). The van der Waals surface area contributed by atoms with E-state index in [2.05, 4.69) is 10.9 Å². The number of hydrogen-bond donors (Lipinski definition) is 3. The molecule has 0 bridgehead atoms. The van der Waals surface area contributed by atoms with Gasteiger partial charge in [-0.15, -0.1) is 0 Å². The van der Waals surface area contributed by atoms with Crippen molar-refractivity contribution in [1.82, 2.24) is 10.9 Å². The molecule has 1 aliphatic rings. The Labute approximate surface area is 46.9 Å². The highest BCUT2D eigenvalue weighted by Crippen LogP contribution is 1.87. The van der Waals surface area contributed by atoms with Crippen LogP contribution in [0.5, 0.6) is 0 Å². The average Bonchev–Trinajstić information content (AvgIpc) is 2.14. The van der Waals surface area contributed by atoms with Gasteiger partial charge in [-0.05, 0) is 0 Å². The second-order valence-electron chi connectivity index (χ2n) is 1.70. The molecule has 0 aromatic heterocycles. The summed E-state index contributed by atoms with van der Waals surface area (Å²) in [5, 5.41) is 8.41. The van der Waals surface area contributed by atoms with Crippen LogP contribution in [0.2, 0.25) is 0 Å². The standard InChI is InChI=1S/C4H8N2O2/c7-2-3-4(8)1-5-6-3/h3,5-7H,1-2H2. The number of aliphatic hydroxyl groups is 1. The minimum absolute atomic E-state index is 0.0208. The summed E-state index contributed by atoms with van der Waals surface area (Å²) in [6.07, 6.45) is 0. The Bertz CT molecular complexity index is 104. The lowest BCUT2D eigenvalue weighted by Crippen LogP contribution is -2.34. The summed E-state index contributed by atoms with van der Waals surface area (Å²) in [5.74, 6) is 0.0208. The van der Waals surface area contributed by atoms with Crippen molar-refractivity contribution in [2.45, 2.75) is 6.04 Å². The van der Waals surface area contributed by atoms with E-state index in [4.69, 9.17) is 5.11 Å². The molecule has 0 spiro atoms. The first-order valence-electron chi connectivity index (χ1n) is 2.46. The van der Waals surface area contributed by atoms with Crippen LogP contribution < -0.4 is 10.9 Å². The smallest absolute Gasteiger partial charge is 0.168 e. The maximum atomic E-state index is 10.5. The first kappa shape index (κ1) is 5.68. The van der Waals surface area contributed by atoms with E-state index in [1.807, 2.05) is 0 Å². The number of ketones is 1. The quantitative estimate of drug-likeness (QED) is 0.371. The van der Waals surface area contributed by atoms with Crippen molar-refractivity contribution in [2.24, 2.45) is 0 Å². The van der Waals surface area contributed by atoms with Gasteiger partial charge in [0.15, 0.2) is 5.78 Å². The molecule has 0 saturated carbocycles. The van der Waals surface area contributed by atoms with Gasteiger partial charge in [0, 0.05) is 0 Å².